The first-order valence-electron chi connectivity index (χ1n) is 5.52. The third-order valence-corrected chi connectivity index (χ3v) is 2.22. The Morgan fingerprint density at radius 1 is 0.923 bits per heavy atom. The van der Waals surface area contributed by atoms with Crippen LogP contribution in [-0.2, 0) is 0 Å². The SMILES string of the molecule is CC(C)CCCN(N)CCC(C)C. The average Bonchev–Trinajstić information content (AvgIpc) is 2.00. The predicted octanol–water partition coefficient (Wildman–Crippen LogP) is 2.64. The second kappa shape index (κ2) is 7.34. The van der Waals surface area contributed by atoms with Crippen LogP contribution in [0.5, 0.6) is 0 Å². The number of hydrogen-bond donors (Lipinski definition) is 1. The molecule has 2 N–H and O–H groups in total. The smallest absolute Gasteiger partial charge is 0.0131 e. The first-order chi connectivity index (χ1) is 6.02. The molecule has 0 amide bonds. The fraction of sp³-hybridized carbons (Fsp3) is 1.00. The molecule has 0 rings (SSSR count). The Labute approximate surface area is 83.5 Å². The van der Waals surface area contributed by atoms with Gasteiger partial charge in [0.1, 0.15) is 0 Å². The summed E-state index contributed by atoms with van der Waals surface area (Å²) in [7, 11) is 0. The zero-order chi connectivity index (χ0) is 10.3. The Hall–Kier alpha value is -0.0800. The van der Waals surface area contributed by atoms with Crippen molar-refractivity contribution in [1.82, 2.24) is 5.01 Å². The second-order valence-electron chi connectivity index (χ2n) is 4.75. The molecule has 0 aliphatic rings. The lowest BCUT2D eigenvalue weighted by Gasteiger charge is -2.17. The minimum atomic E-state index is 0.760. The van der Waals surface area contributed by atoms with Gasteiger partial charge in [-0.25, -0.2) is 5.01 Å². The summed E-state index contributed by atoms with van der Waals surface area (Å²) in [4.78, 5) is 0. The maximum Gasteiger partial charge on any atom is 0.0131 e. The molecule has 0 aromatic rings. The van der Waals surface area contributed by atoms with Gasteiger partial charge in [0.2, 0.25) is 0 Å². The monoisotopic (exact) mass is 186 g/mol. The van der Waals surface area contributed by atoms with Gasteiger partial charge < -0.3 is 0 Å². The van der Waals surface area contributed by atoms with E-state index in [9.17, 15) is 0 Å². The van der Waals surface area contributed by atoms with Crippen LogP contribution >= 0.6 is 0 Å². The van der Waals surface area contributed by atoms with E-state index >= 15 is 0 Å². The van der Waals surface area contributed by atoms with E-state index in [4.69, 9.17) is 5.84 Å². The molecule has 0 aromatic carbocycles. The van der Waals surface area contributed by atoms with Crippen LogP contribution in [0.1, 0.15) is 47.0 Å². The van der Waals surface area contributed by atoms with Crippen molar-refractivity contribution in [2.45, 2.75) is 47.0 Å². The minimum Gasteiger partial charge on any atom is -0.269 e. The van der Waals surface area contributed by atoms with Crippen LogP contribution in [0.4, 0.5) is 0 Å². The Morgan fingerprint density at radius 3 is 1.92 bits per heavy atom. The standard InChI is InChI=1S/C11H26N2/c1-10(2)6-5-8-13(12)9-7-11(3)4/h10-11H,5-9,12H2,1-4H3. The molecule has 0 atom stereocenters. The predicted molar refractivity (Wildman–Crippen MR) is 59.3 cm³/mol. The summed E-state index contributed by atoms with van der Waals surface area (Å²) in [6.45, 7) is 11.1. The van der Waals surface area contributed by atoms with Gasteiger partial charge >= 0.3 is 0 Å². The van der Waals surface area contributed by atoms with Crippen LogP contribution in [0.25, 0.3) is 0 Å². The van der Waals surface area contributed by atoms with Crippen molar-refractivity contribution in [3.63, 3.8) is 0 Å². The third kappa shape index (κ3) is 9.84. The Bertz CT molecular complexity index is 111. The van der Waals surface area contributed by atoms with Gasteiger partial charge in [0.05, 0.1) is 0 Å². The van der Waals surface area contributed by atoms with E-state index in [1.54, 1.807) is 0 Å². The molecule has 0 bridgehead atoms. The lowest BCUT2D eigenvalue weighted by molar-refractivity contribution is 0.255. The summed E-state index contributed by atoms with van der Waals surface area (Å²) < 4.78 is 0. The first kappa shape index (κ1) is 12.9. The largest absolute Gasteiger partial charge is 0.269 e. The van der Waals surface area contributed by atoms with Crippen molar-refractivity contribution in [1.29, 1.82) is 0 Å². The quantitative estimate of drug-likeness (QED) is 0.489. The van der Waals surface area contributed by atoms with E-state index in [2.05, 4.69) is 27.7 Å². The van der Waals surface area contributed by atoms with Crippen LogP contribution in [-0.4, -0.2) is 18.1 Å². The summed E-state index contributed by atoms with van der Waals surface area (Å²) >= 11 is 0. The molecule has 2 heteroatoms. The third-order valence-electron chi connectivity index (χ3n) is 2.22. The van der Waals surface area contributed by atoms with E-state index in [0.29, 0.717) is 0 Å². The fourth-order valence-electron chi connectivity index (χ4n) is 1.24. The molecule has 80 valence electrons. The van der Waals surface area contributed by atoms with E-state index in [1.165, 1.54) is 19.3 Å². The van der Waals surface area contributed by atoms with E-state index in [-0.39, 0.29) is 0 Å². The first-order valence-corrected chi connectivity index (χ1v) is 5.52. The van der Waals surface area contributed by atoms with Gasteiger partial charge in [0.25, 0.3) is 0 Å². The van der Waals surface area contributed by atoms with E-state index in [1.807, 2.05) is 5.01 Å². The summed E-state index contributed by atoms with van der Waals surface area (Å²) in [6.07, 6.45) is 3.72. The van der Waals surface area contributed by atoms with Crippen LogP contribution in [0.15, 0.2) is 0 Å². The van der Waals surface area contributed by atoms with E-state index in [0.717, 1.165) is 24.9 Å². The lowest BCUT2D eigenvalue weighted by atomic mass is 10.1. The minimum absolute atomic E-state index is 0.760. The maximum absolute atomic E-state index is 5.84. The molecule has 0 aliphatic carbocycles. The summed E-state index contributed by atoms with van der Waals surface area (Å²) in [5.41, 5.74) is 0. The van der Waals surface area contributed by atoms with Crippen molar-refractivity contribution in [3.8, 4) is 0 Å². The molecule has 0 aliphatic heterocycles. The highest BCUT2D eigenvalue weighted by Gasteiger charge is 2.01. The zero-order valence-electron chi connectivity index (χ0n) is 9.71. The molecule has 0 saturated carbocycles. The maximum atomic E-state index is 5.84. The Kier molecular flexibility index (Phi) is 7.29. The molecule has 0 saturated heterocycles. The van der Waals surface area contributed by atoms with Crippen molar-refractivity contribution >= 4 is 0 Å². The normalized spacial score (nSPS) is 12.0. The van der Waals surface area contributed by atoms with Crippen molar-refractivity contribution in [3.05, 3.63) is 0 Å². The van der Waals surface area contributed by atoms with Gasteiger partial charge in [-0.05, 0) is 31.1 Å². The average molecular weight is 186 g/mol. The van der Waals surface area contributed by atoms with Gasteiger partial charge in [0.15, 0.2) is 0 Å². The van der Waals surface area contributed by atoms with Crippen molar-refractivity contribution in [2.24, 2.45) is 17.7 Å². The topological polar surface area (TPSA) is 29.3 Å². The van der Waals surface area contributed by atoms with Gasteiger partial charge in [0, 0.05) is 13.1 Å². The summed E-state index contributed by atoms with van der Waals surface area (Å²) in [6, 6.07) is 0. The molecule has 0 radical (unpaired) electrons. The molecule has 0 fully saturated rings. The van der Waals surface area contributed by atoms with Crippen molar-refractivity contribution < 1.29 is 0 Å². The summed E-state index contributed by atoms with van der Waals surface area (Å²) in [5.74, 6) is 7.41. The van der Waals surface area contributed by atoms with Crippen LogP contribution in [0.2, 0.25) is 0 Å². The molecular weight excluding hydrogens is 160 g/mol. The van der Waals surface area contributed by atoms with Crippen molar-refractivity contribution in [2.75, 3.05) is 13.1 Å². The fourth-order valence-corrected chi connectivity index (χ4v) is 1.24. The molecule has 0 unspecified atom stereocenters. The van der Waals surface area contributed by atoms with Crippen LogP contribution in [0.3, 0.4) is 0 Å². The van der Waals surface area contributed by atoms with Gasteiger partial charge in [-0.15, -0.1) is 0 Å². The molecular formula is C11H26N2. The summed E-state index contributed by atoms with van der Waals surface area (Å²) in [5, 5.41) is 1.96. The van der Waals surface area contributed by atoms with Crippen LogP contribution in [0, 0.1) is 11.8 Å². The number of nitrogens with zero attached hydrogens (tertiary/aromatic N) is 1. The molecule has 0 heterocycles. The van der Waals surface area contributed by atoms with Gasteiger partial charge in [-0.3, -0.25) is 5.84 Å². The van der Waals surface area contributed by atoms with Gasteiger partial charge in [-0.2, -0.15) is 0 Å². The van der Waals surface area contributed by atoms with Crippen LogP contribution < -0.4 is 5.84 Å². The number of hydrazine groups is 1. The Morgan fingerprint density at radius 2 is 1.46 bits per heavy atom. The molecule has 0 spiro atoms. The van der Waals surface area contributed by atoms with Gasteiger partial charge in [-0.1, -0.05) is 27.7 Å². The molecule has 2 nitrogen and oxygen atoms in total. The highest BCUT2D eigenvalue weighted by atomic mass is 15.4. The molecule has 13 heavy (non-hydrogen) atoms. The number of rotatable bonds is 7. The Balaban J connectivity index is 3.25. The lowest BCUT2D eigenvalue weighted by Crippen LogP contribution is -2.33. The number of hydrogen-bond acceptors (Lipinski definition) is 2. The molecule has 0 aromatic heterocycles. The number of nitrogens with two attached hydrogens (primary N) is 1. The highest BCUT2D eigenvalue weighted by Crippen LogP contribution is 2.04. The second-order valence-corrected chi connectivity index (χ2v) is 4.75. The van der Waals surface area contributed by atoms with E-state index < -0.39 is 0 Å². The highest BCUT2D eigenvalue weighted by molar-refractivity contribution is 4.54. The zero-order valence-corrected chi connectivity index (χ0v) is 9.71.